The summed E-state index contributed by atoms with van der Waals surface area (Å²) >= 11 is 0. The van der Waals surface area contributed by atoms with Gasteiger partial charge in [-0.15, -0.1) is 0 Å². The first-order valence-electron chi connectivity index (χ1n) is 11.4. The van der Waals surface area contributed by atoms with Gasteiger partial charge in [0.1, 0.15) is 22.8 Å². The number of ketones is 1. The number of aromatic hydroxyl groups is 1. The Kier molecular flexibility index (Phi) is 10.0. The molecule has 0 heterocycles. The van der Waals surface area contributed by atoms with Crippen LogP contribution in [-0.4, -0.2) is 39.3 Å². The van der Waals surface area contributed by atoms with Crippen LogP contribution in [0.15, 0.2) is 47.6 Å². The van der Waals surface area contributed by atoms with Gasteiger partial charge in [0, 0.05) is 16.7 Å². The summed E-state index contributed by atoms with van der Waals surface area (Å²) in [4.78, 5) is 13.5. The van der Waals surface area contributed by atoms with E-state index in [1.165, 1.54) is 13.2 Å². The topological polar surface area (TPSA) is 74.2 Å². The number of phenols is 1. The lowest BCUT2D eigenvalue weighted by atomic mass is 9.93. The fourth-order valence-corrected chi connectivity index (χ4v) is 3.78. The predicted octanol–water partition coefficient (Wildman–Crippen LogP) is 6.34. The molecular weight excluding hydrogens is 444 g/mol. The lowest BCUT2D eigenvalue weighted by molar-refractivity contribution is 0.104. The summed E-state index contributed by atoms with van der Waals surface area (Å²) in [5.74, 6) is 1.33. The van der Waals surface area contributed by atoms with Crippen LogP contribution in [0.1, 0.15) is 54.7 Å². The van der Waals surface area contributed by atoms with Crippen molar-refractivity contribution < 1.29 is 28.8 Å². The van der Waals surface area contributed by atoms with E-state index in [1.54, 1.807) is 33.5 Å². The van der Waals surface area contributed by atoms with Gasteiger partial charge in [-0.25, -0.2) is 0 Å². The maximum Gasteiger partial charge on any atom is 0.193 e. The van der Waals surface area contributed by atoms with Crippen LogP contribution < -0.4 is 18.9 Å². The highest BCUT2D eigenvalue weighted by molar-refractivity contribution is 6.11. The highest BCUT2D eigenvalue weighted by atomic mass is 16.5. The van der Waals surface area contributed by atoms with Gasteiger partial charge < -0.3 is 24.1 Å². The number of benzene rings is 2. The molecule has 0 amide bonds. The lowest BCUT2D eigenvalue weighted by Crippen LogP contribution is -2.08. The van der Waals surface area contributed by atoms with Crippen LogP contribution in [0.25, 0.3) is 6.08 Å². The zero-order chi connectivity index (χ0) is 26.1. The number of para-hydroxylation sites is 1. The highest BCUT2D eigenvalue weighted by Crippen LogP contribution is 2.44. The Bertz CT molecular complexity index is 1150. The van der Waals surface area contributed by atoms with E-state index in [0.717, 1.165) is 11.1 Å². The molecule has 2 aromatic rings. The zero-order valence-electron chi connectivity index (χ0n) is 21.9. The summed E-state index contributed by atoms with van der Waals surface area (Å²) in [6, 6.07) is 5.41. The molecule has 0 saturated heterocycles. The van der Waals surface area contributed by atoms with E-state index < -0.39 is 5.78 Å². The molecule has 0 aliphatic rings. The van der Waals surface area contributed by atoms with Gasteiger partial charge in [0.2, 0.25) is 0 Å². The second-order valence-electron chi connectivity index (χ2n) is 8.50. The quantitative estimate of drug-likeness (QED) is 0.230. The fourth-order valence-electron chi connectivity index (χ4n) is 3.78. The number of ether oxygens (including phenoxy) is 4. The van der Waals surface area contributed by atoms with Crippen molar-refractivity contribution in [3.63, 3.8) is 0 Å². The number of hydrogen-bond donors (Lipinski definition) is 1. The first kappa shape index (κ1) is 27.6. The maximum absolute atomic E-state index is 13.5. The monoisotopic (exact) mass is 480 g/mol. The average molecular weight is 481 g/mol. The molecule has 6 heteroatoms. The van der Waals surface area contributed by atoms with Gasteiger partial charge in [-0.05, 0) is 58.8 Å². The predicted molar refractivity (Wildman–Crippen MR) is 140 cm³/mol. The number of carbonyl (C=O) groups excluding carboxylic acids is 1. The van der Waals surface area contributed by atoms with Crippen LogP contribution in [0.3, 0.4) is 0 Å². The Labute approximate surface area is 208 Å². The van der Waals surface area contributed by atoms with Gasteiger partial charge in [0.05, 0.1) is 28.4 Å². The van der Waals surface area contributed by atoms with Gasteiger partial charge in [-0.1, -0.05) is 35.4 Å². The first-order chi connectivity index (χ1) is 16.7. The molecule has 0 spiro atoms. The Balaban J connectivity index is 2.74. The standard InChI is InChI=1S/C29H36O6/c1-18(2)12-15-21-26(31)25(29(35-8)22(28(21)34-7)16-13-19(3)4)23(30)17-14-20-10-9-11-24(32-5)27(20)33-6/h9-14,17,31H,15-16H2,1-8H3/b17-14+. The van der Waals surface area contributed by atoms with E-state index >= 15 is 0 Å². The van der Waals surface area contributed by atoms with E-state index in [0.29, 0.717) is 52.5 Å². The molecular formula is C29H36O6. The van der Waals surface area contributed by atoms with Crippen LogP contribution in [0.2, 0.25) is 0 Å². The minimum atomic E-state index is -0.399. The second-order valence-corrected chi connectivity index (χ2v) is 8.50. The molecule has 0 fully saturated rings. The SMILES string of the molecule is COc1cccc(/C=C/C(=O)c2c(O)c(CC=C(C)C)c(OC)c(CC=C(C)C)c2OC)c1OC. The van der Waals surface area contributed by atoms with Crippen molar-refractivity contribution in [1.29, 1.82) is 0 Å². The number of allylic oxidation sites excluding steroid dienone is 5. The third kappa shape index (κ3) is 6.47. The molecule has 0 saturated carbocycles. The van der Waals surface area contributed by atoms with Gasteiger partial charge >= 0.3 is 0 Å². The van der Waals surface area contributed by atoms with Crippen molar-refractivity contribution in [2.24, 2.45) is 0 Å². The van der Waals surface area contributed by atoms with Crippen molar-refractivity contribution >= 4 is 11.9 Å². The van der Waals surface area contributed by atoms with Gasteiger partial charge in [-0.3, -0.25) is 4.79 Å². The summed E-state index contributed by atoms with van der Waals surface area (Å²) < 4.78 is 22.2. The number of rotatable bonds is 11. The Morgan fingerprint density at radius 1 is 0.800 bits per heavy atom. The molecule has 0 unspecified atom stereocenters. The molecule has 1 N–H and O–H groups in total. The smallest absolute Gasteiger partial charge is 0.193 e. The molecule has 188 valence electrons. The summed E-state index contributed by atoms with van der Waals surface area (Å²) in [7, 11) is 6.14. The Morgan fingerprint density at radius 3 is 1.89 bits per heavy atom. The van der Waals surface area contributed by atoms with Crippen LogP contribution >= 0.6 is 0 Å². The molecule has 6 nitrogen and oxygen atoms in total. The third-order valence-corrected chi connectivity index (χ3v) is 5.50. The van der Waals surface area contributed by atoms with Crippen molar-refractivity contribution in [2.45, 2.75) is 40.5 Å². The maximum atomic E-state index is 13.5. The van der Waals surface area contributed by atoms with Crippen LogP contribution in [-0.2, 0) is 12.8 Å². The molecule has 0 aliphatic carbocycles. The highest BCUT2D eigenvalue weighted by Gasteiger charge is 2.27. The van der Waals surface area contributed by atoms with Crippen molar-refractivity contribution in [1.82, 2.24) is 0 Å². The van der Waals surface area contributed by atoms with Crippen LogP contribution in [0.4, 0.5) is 0 Å². The van der Waals surface area contributed by atoms with E-state index in [2.05, 4.69) is 0 Å². The van der Waals surface area contributed by atoms with Crippen molar-refractivity contribution in [3.05, 3.63) is 69.8 Å². The number of carbonyl (C=O) groups is 1. The van der Waals surface area contributed by atoms with E-state index in [9.17, 15) is 9.90 Å². The molecule has 0 atom stereocenters. The third-order valence-electron chi connectivity index (χ3n) is 5.50. The molecule has 0 aliphatic heterocycles. The van der Waals surface area contributed by atoms with Crippen LogP contribution in [0, 0.1) is 0 Å². The summed E-state index contributed by atoms with van der Waals surface area (Å²) in [6.45, 7) is 7.96. The number of methoxy groups -OCH3 is 4. The minimum absolute atomic E-state index is 0.0979. The van der Waals surface area contributed by atoms with Crippen molar-refractivity contribution in [3.8, 4) is 28.7 Å². The molecule has 0 aromatic heterocycles. The van der Waals surface area contributed by atoms with E-state index in [1.807, 2.05) is 52.0 Å². The lowest BCUT2D eigenvalue weighted by Gasteiger charge is -2.21. The van der Waals surface area contributed by atoms with E-state index in [4.69, 9.17) is 18.9 Å². The van der Waals surface area contributed by atoms with Gasteiger partial charge in [0.25, 0.3) is 0 Å². The number of hydrogen-bond acceptors (Lipinski definition) is 6. The number of phenolic OH excluding ortho intramolecular Hbond substituents is 1. The molecule has 2 rings (SSSR count). The molecule has 0 radical (unpaired) electrons. The van der Waals surface area contributed by atoms with E-state index in [-0.39, 0.29) is 11.3 Å². The summed E-state index contributed by atoms with van der Waals surface area (Å²) in [6.07, 6.45) is 7.96. The largest absolute Gasteiger partial charge is 0.507 e. The fraction of sp³-hybridized carbons (Fsp3) is 0.345. The molecule has 2 aromatic carbocycles. The summed E-state index contributed by atoms with van der Waals surface area (Å²) in [5, 5.41) is 11.3. The van der Waals surface area contributed by atoms with Gasteiger partial charge in [-0.2, -0.15) is 0 Å². The second kappa shape index (κ2) is 12.7. The average Bonchev–Trinajstić information content (AvgIpc) is 2.83. The van der Waals surface area contributed by atoms with Crippen LogP contribution in [0.5, 0.6) is 28.7 Å². The summed E-state index contributed by atoms with van der Waals surface area (Å²) in [5.41, 5.74) is 4.23. The first-order valence-corrected chi connectivity index (χ1v) is 11.4. The Morgan fingerprint density at radius 2 is 1.37 bits per heavy atom. The van der Waals surface area contributed by atoms with Crippen molar-refractivity contribution in [2.75, 3.05) is 28.4 Å². The Hall–Kier alpha value is -3.67. The molecule has 0 bridgehead atoms. The van der Waals surface area contributed by atoms with Gasteiger partial charge in [0.15, 0.2) is 17.3 Å². The zero-order valence-corrected chi connectivity index (χ0v) is 21.9. The normalized spacial score (nSPS) is 10.6. The minimum Gasteiger partial charge on any atom is -0.507 e. The molecule has 35 heavy (non-hydrogen) atoms.